The largest absolute Gasteiger partial charge is 0.389 e. The van der Waals surface area contributed by atoms with E-state index in [1.165, 1.54) is 0 Å². The van der Waals surface area contributed by atoms with Crippen LogP contribution in [0.15, 0.2) is 24.3 Å². The summed E-state index contributed by atoms with van der Waals surface area (Å²) in [5, 5.41) is 11.2. The summed E-state index contributed by atoms with van der Waals surface area (Å²) in [6.07, 6.45) is 2.46. The molecular weight excluding hydrogens is 318 g/mol. The number of ether oxygens (including phenoxy) is 2. The fraction of sp³-hybridized carbons (Fsp3) is 0.650. The molecule has 2 saturated heterocycles. The van der Waals surface area contributed by atoms with Crippen LogP contribution in [0, 0.1) is 11.8 Å². The lowest BCUT2D eigenvalue weighted by Crippen LogP contribution is -2.56. The van der Waals surface area contributed by atoms with Crippen LogP contribution in [0.3, 0.4) is 0 Å². The van der Waals surface area contributed by atoms with Gasteiger partial charge in [-0.3, -0.25) is 4.79 Å². The first-order valence-corrected chi connectivity index (χ1v) is 9.22. The Morgan fingerprint density at radius 2 is 2.16 bits per heavy atom. The average Bonchev–Trinajstić information content (AvgIpc) is 2.65. The number of likely N-dealkylation sites (tertiary alicyclic amines) is 1. The van der Waals surface area contributed by atoms with Crippen molar-refractivity contribution >= 4 is 5.91 Å². The maximum Gasteiger partial charge on any atom is 0.253 e. The van der Waals surface area contributed by atoms with E-state index in [4.69, 9.17) is 9.47 Å². The number of nitrogens with zero attached hydrogens (tertiary/aromatic N) is 1. The van der Waals surface area contributed by atoms with Gasteiger partial charge in [0.2, 0.25) is 0 Å². The van der Waals surface area contributed by atoms with Gasteiger partial charge in [0.05, 0.1) is 12.2 Å². The van der Waals surface area contributed by atoms with E-state index in [0.29, 0.717) is 31.7 Å². The molecule has 2 heterocycles. The fourth-order valence-electron chi connectivity index (χ4n) is 4.27. The van der Waals surface area contributed by atoms with Crippen molar-refractivity contribution in [2.24, 2.45) is 11.8 Å². The lowest BCUT2D eigenvalue weighted by Gasteiger charge is -2.48. The van der Waals surface area contributed by atoms with Gasteiger partial charge in [-0.1, -0.05) is 19.1 Å². The molecule has 25 heavy (non-hydrogen) atoms. The number of carbonyl (C=O) groups is 1. The van der Waals surface area contributed by atoms with Crippen LogP contribution in [0.1, 0.15) is 42.1 Å². The Hall–Kier alpha value is -1.43. The SMILES string of the molecule is COCc1cccc(C(=O)N2CC[C@@](O)(C3CCOCC3)[C@H](C)C2)c1. The van der Waals surface area contributed by atoms with E-state index < -0.39 is 5.60 Å². The van der Waals surface area contributed by atoms with Gasteiger partial charge in [-0.25, -0.2) is 0 Å². The normalized spacial score (nSPS) is 28.1. The Morgan fingerprint density at radius 1 is 1.40 bits per heavy atom. The lowest BCUT2D eigenvalue weighted by molar-refractivity contribution is -0.125. The Bertz CT molecular complexity index is 599. The molecule has 2 aliphatic rings. The molecule has 1 amide bonds. The summed E-state index contributed by atoms with van der Waals surface area (Å²) in [6, 6.07) is 7.61. The van der Waals surface area contributed by atoms with Crippen molar-refractivity contribution in [3.63, 3.8) is 0 Å². The quantitative estimate of drug-likeness (QED) is 0.909. The molecule has 1 aromatic carbocycles. The first-order valence-electron chi connectivity index (χ1n) is 9.22. The van der Waals surface area contributed by atoms with Gasteiger partial charge in [0.1, 0.15) is 0 Å². The van der Waals surface area contributed by atoms with Gasteiger partial charge in [0.15, 0.2) is 0 Å². The Morgan fingerprint density at radius 3 is 2.84 bits per heavy atom. The number of hydrogen-bond donors (Lipinski definition) is 1. The maximum absolute atomic E-state index is 12.9. The molecule has 1 N–H and O–H groups in total. The zero-order valence-electron chi connectivity index (χ0n) is 15.2. The summed E-state index contributed by atoms with van der Waals surface area (Å²) in [4.78, 5) is 14.8. The highest BCUT2D eigenvalue weighted by Gasteiger charge is 2.46. The second-order valence-corrected chi connectivity index (χ2v) is 7.41. The molecule has 0 unspecified atom stereocenters. The molecule has 2 aliphatic heterocycles. The number of benzene rings is 1. The minimum Gasteiger partial charge on any atom is -0.389 e. The van der Waals surface area contributed by atoms with Gasteiger partial charge < -0.3 is 19.5 Å². The summed E-state index contributed by atoms with van der Waals surface area (Å²) in [5.74, 6) is 0.382. The van der Waals surface area contributed by atoms with Crippen molar-refractivity contribution in [1.82, 2.24) is 4.90 Å². The average molecular weight is 347 g/mol. The third-order valence-corrected chi connectivity index (χ3v) is 5.83. The highest BCUT2D eigenvalue weighted by atomic mass is 16.5. The van der Waals surface area contributed by atoms with E-state index in [0.717, 1.165) is 31.6 Å². The van der Waals surface area contributed by atoms with Gasteiger partial charge in [0, 0.05) is 44.9 Å². The number of aliphatic hydroxyl groups is 1. The minimum atomic E-state index is -0.682. The molecule has 1 aromatic rings. The molecule has 0 radical (unpaired) electrons. The van der Waals surface area contributed by atoms with Crippen molar-refractivity contribution in [3.8, 4) is 0 Å². The summed E-state index contributed by atoms with van der Waals surface area (Å²) in [6.45, 7) is 5.23. The standard InChI is InChI=1S/C20H29NO4/c1-15-13-21(9-8-20(15,23)18-6-10-25-11-7-18)19(22)17-5-3-4-16(12-17)14-24-2/h3-5,12,15,18,23H,6-11,13-14H2,1-2H3/t15-,20+/m1/s1. The van der Waals surface area contributed by atoms with E-state index in [-0.39, 0.29) is 17.7 Å². The Labute approximate surface area is 149 Å². The Balaban J connectivity index is 1.67. The van der Waals surface area contributed by atoms with Gasteiger partial charge in [0.25, 0.3) is 5.91 Å². The van der Waals surface area contributed by atoms with Crippen molar-refractivity contribution in [2.45, 2.75) is 38.4 Å². The van der Waals surface area contributed by atoms with Gasteiger partial charge in [-0.15, -0.1) is 0 Å². The summed E-state index contributed by atoms with van der Waals surface area (Å²) >= 11 is 0. The topological polar surface area (TPSA) is 59.0 Å². The summed E-state index contributed by atoms with van der Waals surface area (Å²) < 4.78 is 10.6. The van der Waals surface area contributed by atoms with E-state index in [1.54, 1.807) is 7.11 Å². The molecule has 0 spiro atoms. The number of amides is 1. The molecule has 3 rings (SSSR count). The van der Waals surface area contributed by atoms with Crippen molar-refractivity contribution < 1.29 is 19.4 Å². The van der Waals surface area contributed by atoms with Crippen LogP contribution in [0.4, 0.5) is 0 Å². The predicted molar refractivity (Wildman–Crippen MR) is 95.3 cm³/mol. The summed E-state index contributed by atoms with van der Waals surface area (Å²) in [7, 11) is 1.65. The molecule has 5 heteroatoms. The second kappa shape index (κ2) is 7.85. The second-order valence-electron chi connectivity index (χ2n) is 7.41. The van der Waals surface area contributed by atoms with Crippen LogP contribution >= 0.6 is 0 Å². The number of rotatable bonds is 4. The zero-order chi connectivity index (χ0) is 17.9. The predicted octanol–water partition coefficient (Wildman–Crippen LogP) is 2.47. The number of hydrogen-bond acceptors (Lipinski definition) is 4. The third-order valence-electron chi connectivity index (χ3n) is 5.83. The van der Waals surface area contributed by atoms with Gasteiger partial charge >= 0.3 is 0 Å². The zero-order valence-corrected chi connectivity index (χ0v) is 15.2. The van der Waals surface area contributed by atoms with Crippen molar-refractivity contribution in [1.29, 1.82) is 0 Å². The van der Waals surface area contributed by atoms with Crippen LogP contribution in [-0.4, -0.2) is 54.9 Å². The monoisotopic (exact) mass is 347 g/mol. The van der Waals surface area contributed by atoms with Crippen LogP contribution in [-0.2, 0) is 16.1 Å². The molecule has 2 atom stereocenters. The van der Waals surface area contributed by atoms with E-state index >= 15 is 0 Å². The van der Waals surface area contributed by atoms with E-state index in [2.05, 4.69) is 6.92 Å². The Kier molecular flexibility index (Phi) is 5.77. The van der Waals surface area contributed by atoms with E-state index in [9.17, 15) is 9.90 Å². The highest BCUT2D eigenvalue weighted by Crippen LogP contribution is 2.39. The molecule has 138 valence electrons. The van der Waals surface area contributed by atoms with Crippen molar-refractivity contribution in [3.05, 3.63) is 35.4 Å². The molecule has 0 saturated carbocycles. The first kappa shape index (κ1) is 18.4. The first-order chi connectivity index (χ1) is 12.0. The van der Waals surface area contributed by atoms with Crippen LogP contribution in [0.2, 0.25) is 0 Å². The van der Waals surface area contributed by atoms with E-state index in [1.807, 2.05) is 29.2 Å². The third kappa shape index (κ3) is 3.89. The van der Waals surface area contributed by atoms with Crippen LogP contribution in [0.25, 0.3) is 0 Å². The van der Waals surface area contributed by atoms with Gasteiger partial charge in [-0.2, -0.15) is 0 Å². The number of carbonyl (C=O) groups excluding carboxylic acids is 1. The fourth-order valence-corrected chi connectivity index (χ4v) is 4.27. The molecule has 0 aromatic heterocycles. The molecule has 5 nitrogen and oxygen atoms in total. The van der Waals surface area contributed by atoms with Crippen LogP contribution < -0.4 is 0 Å². The van der Waals surface area contributed by atoms with Crippen molar-refractivity contribution in [2.75, 3.05) is 33.4 Å². The molecule has 0 bridgehead atoms. The molecule has 0 aliphatic carbocycles. The highest BCUT2D eigenvalue weighted by molar-refractivity contribution is 5.94. The number of methoxy groups -OCH3 is 1. The van der Waals surface area contributed by atoms with Crippen LogP contribution in [0.5, 0.6) is 0 Å². The molecular formula is C20H29NO4. The minimum absolute atomic E-state index is 0.0406. The van der Waals surface area contributed by atoms with Gasteiger partial charge in [-0.05, 0) is 42.9 Å². The smallest absolute Gasteiger partial charge is 0.253 e. The molecule has 2 fully saturated rings. The maximum atomic E-state index is 12.9. The number of piperidine rings is 1. The lowest BCUT2D eigenvalue weighted by atomic mass is 9.70. The summed E-state index contributed by atoms with van der Waals surface area (Å²) in [5.41, 5.74) is 1.01.